The number of carboxylic acids is 1. The highest BCUT2D eigenvalue weighted by Gasteiger charge is 2.08. The summed E-state index contributed by atoms with van der Waals surface area (Å²) in [6.45, 7) is 5.93. The predicted octanol–water partition coefficient (Wildman–Crippen LogP) is 2.90. The van der Waals surface area contributed by atoms with Gasteiger partial charge in [0.05, 0.1) is 12.1 Å². The molecule has 0 spiro atoms. The van der Waals surface area contributed by atoms with Crippen LogP contribution >= 0.6 is 11.6 Å². The average Bonchev–Trinajstić information content (AvgIpc) is 2.26. The number of hydrogen-bond acceptors (Lipinski definition) is 3. The standard InChI is InChI=1S/C12H15ClN2O2/c1-3-4-10-5-9(12(16)17)6-11(15-10)14-7-8(2)13/h5-6H,2-4,7H2,1H3,(H,14,15)(H,16,17). The number of anilines is 1. The Morgan fingerprint density at radius 3 is 2.82 bits per heavy atom. The summed E-state index contributed by atoms with van der Waals surface area (Å²) >= 11 is 5.63. The summed E-state index contributed by atoms with van der Waals surface area (Å²) in [5.74, 6) is -0.451. The van der Waals surface area contributed by atoms with Crippen molar-refractivity contribution in [1.29, 1.82) is 0 Å². The maximum absolute atomic E-state index is 10.9. The molecule has 0 radical (unpaired) electrons. The minimum absolute atomic E-state index is 0.228. The third-order valence-electron chi connectivity index (χ3n) is 2.09. The number of aromatic nitrogens is 1. The van der Waals surface area contributed by atoms with Gasteiger partial charge in [0.1, 0.15) is 5.82 Å². The van der Waals surface area contributed by atoms with E-state index in [1.54, 1.807) is 6.07 Å². The third kappa shape index (κ3) is 4.44. The van der Waals surface area contributed by atoms with Gasteiger partial charge in [-0.25, -0.2) is 9.78 Å². The molecule has 0 fully saturated rings. The quantitative estimate of drug-likeness (QED) is 0.819. The molecule has 0 unspecified atom stereocenters. The second-order valence-electron chi connectivity index (χ2n) is 3.66. The Morgan fingerprint density at radius 2 is 2.29 bits per heavy atom. The average molecular weight is 255 g/mol. The van der Waals surface area contributed by atoms with Crippen LogP contribution in [0.4, 0.5) is 5.82 Å². The van der Waals surface area contributed by atoms with E-state index in [2.05, 4.69) is 16.9 Å². The minimum atomic E-state index is -0.961. The molecule has 17 heavy (non-hydrogen) atoms. The molecule has 0 amide bonds. The van der Waals surface area contributed by atoms with E-state index in [1.165, 1.54) is 6.07 Å². The van der Waals surface area contributed by atoms with Gasteiger partial charge in [0.2, 0.25) is 0 Å². The van der Waals surface area contributed by atoms with Gasteiger partial charge in [-0.3, -0.25) is 0 Å². The molecule has 0 aromatic carbocycles. The van der Waals surface area contributed by atoms with Gasteiger partial charge in [-0.15, -0.1) is 0 Å². The van der Waals surface area contributed by atoms with Crippen LogP contribution in [0.2, 0.25) is 0 Å². The summed E-state index contributed by atoms with van der Waals surface area (Å²) < 4.78 is 0. The van der Waals surface area contributed by atoms with E-state index in [9.17, 15) is 4.79 Å². The molecule has 0 aliphatic rings. The van der Waals surface area contributed by atoms with Gasteiger partial charge in [0.15, 0.2) is 0 Å². The second kappa shape index (κ2) is 6.25. The number of halogens is 1. The molecule has 0 bridgehead atoms. The van der Waals surface area contributed by atoms with Crippen LogP contribution in [0, 0.1) is 0 Å². The Balaban J connectivity index is 2.94. The normalized spacial score (nSPS) is 10.0. The Labute approximate surface area is 105 Å². The summed E-state index contributed by atoms with van der Waals surface area (Å²) in [6, 6.07) is 3.08. The number of aromatic carboxylic acids is 1. The van der Waals surface area contributed by atoms with Crippen molar-refractivity contribution < 1.29 is 9.90 Å². The molecule has 5 heteroatoms. The molecule has 0 saturated carbocycles. The summed E-state index contributed by atoms with van der Waals surface area (Å²) in [5.41, 5.74) is 0.987. The fourth-order valence-electron chi connectivity index (χ4n) is 1.37. The SMILES string of the molecule is C=C(Cl)CNc1cc(C(=O)O)cc(CCC)n1. The van der Waals surface area contributed by atoms with Crippen molar-refractivity contribution in [3.8, 4) is 0 Å². The van der Waals surface area contributed by atoms with Crippen LogP contribution in [-0.2, 0) is 6.42 Å². The maximum Gasteiger partial charge on any atom is 0.335 e. The van der Waals surface area contributed by atoms with E-state index >= 15 is 0 Å². The lowest BCUT2D eigenvalue weighted by Crippen LogP contribution is -2.07. The van der Waals surface area contributed by atoms with Crippen LogP contribution in [0.3, 0.4) is 0 Å². The van der Waals surface area contributed by atoms with Crippen LogP contribution in [0.15, 0.2) is 23.7 Å². The van der Waals surface area contributed by atoms with E-state index in [0.29, 0.717) is 17.4 Å². The fraction of sp³-hybridized carbons (Fsp3) is 0.333. The number of carbonyl (C=O) groups is 1. The molecule has 1 aromatic heterocycles. The summed E-state index contributed by atoms with van der Waals surface area (Å²) in [7, 11) is 0. The molecule has 0 aliphatic carbocycles. The van der Waals surface area contributed by atoms with Gasteiger partial charge in [-0.2, -0.15) is 0 Å². The van der Waals surface area contributed by atoms with E-state index in [-0.39, 0.29) is 5.56 Å². The van der Waals surface area contributed by atoms with Crippen molar-refractivity contribution in [3.05, 3.63) is 35.0 Å². The third-order valence-corrected chi connectivity index (χ3v) is 2.23. The summed E-state index contributed by atoms with van der Waals surface area (Å²) in [5, 5.41) is 12.4. The molecule has 4 nitrogen and oxygen atoms in total. The zero-order chi connectivity index (χ0) is 12.8. The molecule has 0 aliphatic heterocycles. The first-order chi connectivity index (χ1) is 8.02. The molecule has 0 saturated heterocycles. The Hall–Kier alpha value is -1.55. The minimum Gasteiger partial charge on any atom is -0.478 e. The van der Waals surface area contributed by atoms with Gasteiger partial charge in [0.25, 0.3) is 0 Å². The lowest BCUT2D eigenvalue weighted by molar-refractivity contribution is 0.0696. The highest BCUT2D eigenvalue weighted by molar-refractivity contribution is 6.29. The summed E-state index contributed by atoms with van der Waals surface area (Å²) in [4.78, 5) is 15.3. The van der Waals surface area contributed by atoms with Crippen molar-refractivity contribution in [3.63, 3.8) is 0 Å². The Morgan fingerprint density at radius 1 is 1.59 bits per heavy atom. The number of nitrogens with one attached hydrogen (secondary N) is 1. The molecular weight excluding hydrogens is 240 g/mol. The van der Waals surface area contributed by atoms with Crippen LogP contribution in [0.25, 0.3) is 0 Å². The summed E-state index contributed by atoms with van der Waals surface area (Å²) in [6.07, 6.45) is 1.66. The first-order valence-electron chi connectivity index (χ1n) is 5.34. The molecule has 1 rings (SSSR count). The largest absolute Gasteiger partial charge is 0.478 e. The highest BCUT2D eigenvalue weighted by atomic mass is 35.5. The molecule has 1 heterocycles. The zero-order valence-electron chi connectivity index (χ0n) is 9.66. The highest BCUT2D eigenvalue weighted by Crippen LogP contribution is 2.13. The first kappa shape index (κ1) is 13.5. The topological polar surface area (TPSA) is 62.2 Å². The molecule has 92 valence electrons. The smallest absolute Gasteiger partial charge is 0.335 e. The molecule has 0 atom stereocenters. The van der Waals surface area contributed by atoms with Crippen LogP contribution in [-0.4, -0.2) is 22.6 Å². The lowest BCUT2D eigenvalue weighted by atomic mass is 10.1. The van der Waals surface area contributed by atoms with E-state index in [4.69, 9.17) is 16.7 Å². The number of pyridine rings is 1. The van der Waals surface area contributed by atoms with Crippen molar-refractivity contribution in [2.45, 2.75) is 19.8 Å². The Bertz CT molecular complexity index is 433. The molecular formula is C12H15ClN2O2. The zero-order valence-corrected chi connectivity index (χ0v) is 10.4. The molecule has 2 N–H and O–H groups in total. The van der Waals surface area contributed by atoms with Crippen molar-refractivity contribution in [2.75, 3.05) is 11.9 Å². The lowest BCUT2D eigenvalue weighted by Gasteiger charge is -2.08. The van der Waals surface area contributed by atoms with Gasteiger partial charge in [0, 0.05) is 10.7 Å². The van der Waals surface area contributed by atoms with Gasteiger partial charge in [-0.1, -0.05) is 31.5 Å². The monoisotopic (exact) mass is 254 g/mol. The predicted molar refractivity (Wildman–Crippen MR) is 68.7 cm³/mol. The van der Waals surface area contributed by atoms with Crippen molar-refractivity contribution in [2.24, 2.45) is 0 Å². The number of aryl methyl sites for hydroxylation is 1. The van der Waals surface area contributed by atoms with Crippen molar-refractivity contribution >= 4 is 23.4 Å². The van der Waals surface area contributed by atoms with E-state index in [1.807, 2.05) is 6.92 Å². The van der Waals surface area contributed by atoms with Crippen molar-refractivity contribution in [1.82, 2.24) is 4.98 Å². The fourth-order valence-corrected chi connectivity index (χ4v) is 1.44. The van der Waals surface area contributed by atoms with Crippen LogP contribution in [0.1, 0.15) is 29.4 Å². The van der Waals surface area contributed by atoms with Gasteiger partial charge in [-0.05, 0) is 18.6 Å². The van der Waals surface area contributed by atoms with Crippen LogP contribution in [0.5, 0.6) is 0 Å². The van der Waals surface area contributed by atoms with E-state index in [0.717, 1.165) is 18.5 Å². The van der Waals surface area contributed by atoms with Gasteiger partial charge < -0.3 is 10.4 Å². The molecule has 1 aromatic rings. The Kier molecular flexibility index (Phi) is 4.97. The number of rotatable bonds is 6. The number of hydrogen-bond donors (Lipinski definition) is 2. The number of nitrogens with zero attached hydrogens (tertiary/aromatic N) is 1. The first-order valence-corrected chi connectivity index (χ1v) is 5.72. The van der Waals surface area contributed by atoms with Gasteiger partial charge >= 0.3 is 5.97 Å². The second-order valence-corrected chi connectivity index (χ2v) is 4.19. The number of carboxylic acid groups (broad SMARTS) is 1. The van der Waals surface area contributed by atoms with E-state index < -0.39 is 5.97 Å². The maximum atomic E-state index is 10.9. The van der Waals surface area contributed by atoms with Crippen LogP contribution < -0.4 is 5.32 Å².